The van der Waals surface area contributed by atoms with Gasteiger partial charge in [-0.05, 0) is 13.0 Å². The summed E-state index contributed by atoms with van der Waals surface area (Å²) in [4.78, 5) is 1.33. The second kappa shape index (κ2) is 9.42. The third-order valence-corrected chi connectivity index (χ3v) is 3.45. The van der Waals surface area contributed by atoms with Crippen molar-refractivity contribution < 1.29 is 23.0 Å². The normalized spacial score (nSPS) is 16.9. The van der Waals surface area contributed by atoms with Gasteiger partial charge in [0.05, 0.1) is 6.61 Å². The number of halogens is 5. The predicted molar refractivity (Wildman–Crippen MR) is 87.0 cm³/mol. The van der Waals surface area contributed by atoms with Crippen molar-refractivity contribution in [2.45, 2.75) is 19.1 Å². The molecule has 0 aliphatic carbocycles. The summed E-state index contributed by atoms with van der Waals surface area (Å²) in [6.07, 6.45) is -4.46. The summed E-state index contributed by atoms with van der Waals surface area (Å²) in [5.41, 5.74) is -0.157. The van der Waals surface area contributed by atoms with Gasteiger partial charge in [0.25, 0.3) is 0 Å². The molecule has 0 saturated carbocycles. The largest absolute Gasteiger partial charge is 0.504 e. The zero-order chi connectivity index (χ0) is 15.5. The Morgan fingerprint density at radius 1 is 1.26 bits per heavy atom. The molecular formula is C14H21Cl2F3N2O2. The molecule has 9 heteroatoms. The molecule has 2 rings (SSSR count). The monoisotopic (exact) mass is 376 g/mol. The summed E-state index contributed by atoms with van der Waals surface area (Å²) < 4.78 is 45.6. The molecule has 2 N–H and O–H groups in total. The first-order valence-electron chi connectivity index (χ1n) is 6.91. The van der Waals surface area contributed by atoms with Gasteiger partial charge in [-0.3, -0.25) is 4.90 Å². The van der Waals surface area contributed by atoms with E-state index >= 15 is 0 Å². The van der Waals surface area contributed by atoms with Gasteiger partial charge in [0.15, 0.2) is 11.5 Å². The van der Waals surface area contributed by atoms with Crippen LogP contribution in [0.1, 0.15) is 18.5 Å². The van der Waals surface area contributed by atoms with Crippen LogP contribution < -0.4 is 10.1 Å². The molecule has 1 saturated heterocycles. The number of nitrogens with zero attached hydrogens (tertiary/aromatic N) is 1. The van der Waals surface area contributed by atoms with Gasteiger partial charge in [-0.15, -0.1) is 24.8 Å². The van der Waals surface area contributed by atoms with E-state index < -0.39 is 18.0 Å². The van der Waals surface area contributed by atoms with Gasteiger partial charge in [-0.1, -0.05) is 12.1 Å². The molecule has 0 radical (unpaired) electrons. The lowest BCUT2D eigenvalue weighted by atomic mass is 10.0. The van der Waals surface area contributed by atoms with Crippen LogP contribution in [0.15, 0.2) is 18.2 Å². The molecular weight excluding hydrogens is 356 g/mol. The van der Waals surface area contributed by atoms with Gasteiger partial charge < -0.3 is 15.2 Å². The number of phenols is 1. The van der Waals surface area contributed by atoms with Crippen LogP contribution in [-0.2, 0) is 0 Å². The number of hydrogen-bond acceptors (Lipinski definition) is 4. The highest BCUT2D eigenvalue weighted by molar-refractivity contribution is 5.85. The Kier molecular flexibility index (Phi) is 9.05. The van der Waals surface area contributed by atoms with Crippen LogP contribution in [-0.4, -0.2) is 49.0 Å². The lowest BCUT2D eigenvalue weighted by molar-refractivity contribution is -0.188. The SMILES string of the molecule is CCOc1cccc([C@@H](N2CCNCC2)C(F)(F)F)c1O.Cl.Cl. The Labute approximate surface area is 145 Å². The smallest absolute Gasteiger partial charge is 0.408 e. The molecule has 1 aliphatic heterocycles. The van der Waals surface area contributed by atoms with E-state index in [1.165, 1.54) is 23.1 Å². The van der Waals surface area contributed by atoms with Crippen molar-refractivity contribution in [2.75, 3.05) is 32.8 Å². The van der Waals surface area contributed by atoms with Crippen molar-refractivity contribution in [3.8, 4) is 11.5 Å². The number of piperazine rings is 1. The maximum absolute atomic E-state index is 13.5. The highest BCUT2D eigenvalue weighted by Gasteiger charge is 2.46. The highest BCUT2D eigenvalue weighted by atomic mass is 35.5. The van der Waals surface area contributed by atoms with Crippen LogP contribution in [0.5, 0.6) is 11.5 Å². The van der Waals surface area contributed by atoms with Crippen molar-refractivity contribution in [1.29, 1.82) is 0 Å². The van der Waals surface area contributed by atoms with E-state index in [1.54, 1.807) is 6.92 Å². The summed E-state index contributed by atoms with van der Waals surface area (Å²) in [6, 6.07) is 2.42. The predicted octanol–water partition coefficient (Wildman–Crippen LogP) is 3.14. The van der Waals surface area contributed by atoms with Crippen molar-refractivity contribution in [3.63, 3.8) is 0 Å². The Balaban J connectivity index is 0.00000242. The number of rotatable bonds is 4. The van der Waals surface area contributed by atoms with Crippen molar-refractivity contribution >= 4 is 24.8 Å². The molecule has 134 valence electrons. The standard InChI is InChI=1S/C14H19F3N2O2.2ClH/c1-2-21-11-5-3-4-10(12(11)20)13(14(15,16)17)19-8-6-18-7-9-19;;/h3-5,13,18,20H,2,6-9H2,1H3;2*1H/t13-;;/m1../s1. The Morgan fingerprint density at radius 3 is 2.39 bits per heavy atom. The molecule has 4 nitrogen and oxygen atoms in total. The fourth-order valence-corrected chi connectivity index (χ4v) is 2.55. The molecule has 0 amide bonds. The molecule has 0 spiro atoms. The number of phenolic OH excluding ortho intramolecular Hbond substituents is 1. The maximum atomic E-state index is 13.5. The van der Waals surface area contributed by atoms with Crippen molar-refractivity contribution in [1.82, 2.24) is 10.2 Å². The number of nitrogens with one attached hydrogen (secondary N) is 1. The molecule has 23 heavy (non-hydrogen) atoms. The van der Waals surface area contributed by atoms with E-state index in [-0.39, 0.29) is 55.8 Å². The molecule has 1 fully saturated rings. The number of benzene rings is 1. The third kappa shape index (κ3) is 5.31. The quantitative estimate of drug-likeness (QED) is 0.847. The highest BCUT2D eigenvalue weighted by Crippen LogP contribution is 2.44. The van der Waals surface area contributed by atoms with Gasteiger partial charge in [-0.25, -0.2) is 0 Å². The lowest BCUT2D eigenvalue weighted by Crippen LogP contribution is -2.49. The van der Waals surface area contributed by atoms with Crippen LogP contribution in [0.3, 0.4) is 0 Å². The Morgan fingerprint density at radius 2 is 1.87 bits per heavy atom. The first kappa shape index (κ1) is 22.1. The van der Waals surface area contributed by atoms with E-state index in [0.717, 1.165) is 0 Å². The zero-order valence-electron chi connectivity index (χ0n) is 12.6. The minimum absolute atomic E-state index is 0. The van der Waals surface area contributed by atoms with E-state index in [0.29, 0.717) is 13.1 Å². The average molecular weight is 377 g/mol. The summed E-state index contributed by atoms with van der Waals surface area (Å²) in [6.45, 7) is 3.55. The fourth-order valence-electron chi connectivity index (χ4n) is 2.55. The Bertz CT molecular complexity index is 484. The summed E-state index contributed by atoms with van der Waals surface area (Å²) in [7, 11) is 0. The maximum Gasteiger partial charge on any atom is 0.408 e. The second-order valence-electron chi connectivity index (χ2n) is 4.86. The topological polar surface area (TPSA) is 44.7 Å². The fraction of sp³-hybridized carbons (Fsp3) is 0.571. The van der Waals surface area contributed by atoms with E-state index in [4.69, 9.17) is 4.74 Å². The molecule has 1 heterocycles. The minimum atomic E-state index is -4.46. The molecule has 0 bridgehead atoms. The second-order valence-corrected chi connectivity index (χ2v) is 4.86. The number of alkyl halides is 3. The summed E-state index contributed by atoms with van der Waals surface area (Å²) in [5.74, 6) is -0.348. The first-order chi connectivity index (χ1) is 9.95. The lowest BCUT2D eigenvalue weighted by Gasteiger charge is -2.36. The summed E-state index contributed by atoms with van der Waals surface area (Å²) in [5, 5.41) is 13.1. The third-order valence-electron chi connectivity index (χ3n) is 3.45. The van der Waals surface area contributed by atoms with E-state index in [2.05, 4.69) is 5.32 Å². The molecule has 1 aliphatic rings. The van der Waals surface area contributed by atoms with Gasteiger partial charge in [0.2, 0.25) is 0 Å². The van der Waals surface area contributed by atoms with Crippen LogP contribution in [0.4, 0.5) is 13.2 Å². The number of aromatic hydroxyl groups is 1. The van der Waals surface area contributed by atoms with E-state index in [1.807, 2.05) is 0 Å². The number of para-hydroxylation sites is 1. The minimum Gasteiger partial charge on any atom is -0.504 e. The van der Waals surface area contributed by atoms with Gasteiger partial charge >= 0.3 is 6.18 Å². The van der Waals surface area contributed by atoms with Crippen LogP contribution in [0.25, 0.3) is 0 Å². The summed E-state index contributed by atoms with van der Waals surface area (Å²) >= 11 is 0. The molecule has 1 aromatic rings. The number of ether oxygens (including phenoxy) is 1. The first-order valence-corrected chi connectivity index (χ1v) is 6.91. The van der Waals surface area contributed by atoms with Crippen LogP contribution in [0, 0.1) is 0 Å². The van der Waals surface area contributed by atoms with Gasteiger partial charge in [0, 0.05) is 31.7 Å². The van der Waals surface area contributed by atoms with Crippen molar-refractivity contribution in [2.24, 2.45) is 0 Å². The van der Waals surface area contributed by atoms with Crippen LogP contribution in [0.2, 0.25) is 0 Å². The van der Waals surface area contributed by atoms with Gasteiger partial charge in [-0.2, -0.15) is 13.2 Å². The number of hydrogen-bond donors (Lipinski definition) is 2. The average Bonchev–Trinajstić information content (AvgIpc) is 2.43. The molecule has 1 atom stereocenters. The van der Waals surface area contributed by atoms with Crippen molar-refractivity contribution in [3.05, 3.63) is 23.8 Å². The Hall–Kier alpha value is -0.890. The van der Waals surface area contributed by atoms with Crippen LogP contribution >= 0.6 is 24.8 Å². The molecule has 0 unspecified atom stereocenters. The molecule has 1 aromatic carbocycles. The van der Waals surface area contributed by atoms with E-state index in [9.17, 15) is 18.3 Å². The molecule has 0 aromatic heterocycles. The zero-order valence-corrected chi connectivity index (χ0v) is 14.2. The van der Waals surface area contributed by atoms with Gasteiger partial charge in [0.1, 0.15) is 6.04 Å².